The fourth-order valence-electron chi connectivity index (χ4n) is 2.65. The molecule has 1 aliphatic carbocycles. The minimum Gasteiger partial charge on any atom is -0.377 e. The lowest BCUT2D eigenvalue weighted by Gasteiger charge is -2.29. The molecule has 0 aliphatic heterocycles. The fraction of sp³-hybridized carbons (Fsp3) is 0.571. The number of halogens is 5. The molecular formula is C14H16F5N. The predicted octanol–water partition coefficient (Wildman–Crippen LogP) is 4.76. The van der Waals surface area contributed by atoms with E-state index in [9.17, 15) is 22.0 Å². The fourth-order valence-corrected chi connectivity index (χ4v) is 2.65. The molecule has 20 heavy (non-hydrogen) atoms. The zero-order valence-electron chi connectivity index (χ0n) is 11.1. The molecule has 6 heteroatoms. The van der Waals surface area contributed by atoms with Crippen LogP contribution in [0.15, 0.2) is 0 Å². The molecule has 0 radical (unpaired) electrons. The Morgan fingerprint density at radius 1 is 0.800 bits per heavy atom. The van der Waals surface area contributed by atoms with Gasteiger partial charge in [-0.1, -0.05) is 13.3 Å². The Kier molecular flexibility index (Phi) is 4.50. The minimum atomic E-state index is -2.12. The number of nitrogens with one attached hydrogen (secondary N) is 1. The molecule has 0 saturated heterocycles. The number of hydrogen-bond donors (Lipinski definition) is 1. The zero-order valence-corrected chi connectivity index (χ0v) is 11.1. The highest BCUT2D eigenvalue weighted by Crippen LogP contribution is 2.32. The van der Waals surface area contributed by atoms with Crippen molar-refractivity contribution in [2.24, 2.45) is 5.92 Å². The van der Waals surface area contributed by atoms with Crippen molar-refractivity contribution in [2.45, 2.75) is 45.1 Å². The van der Waals surface area contributed by atoms with E-state index in [1.807, 2.05) is 0 Å². The first kappa shape index (κ1) is 15.1. The van der Waals surface area contributed by atoms with Crippen molar-refractivity contribution in [2.75, 3.05) is 5.32 Å². The highest BCUT2D eigenvalue weighted by Gasteiger charge is 2.28. The highest BCUT2D eigenvalue weighted by atomic mass is 19.2. The maximum Gasteiger partial charge on any atom is 0.200 e. The van der Waals surface area contributed by atoms with Crippen LogP contribution in [0.3, 0.4) is 0 Å². The molecule has 0 unspecified atom stereocenters. The molecule has 1 fully saturated rings. The minimum absolute atomic E-state index is 0.258. The van der Waals surface area contributed by atoms with E-state index in [-0.39, 0.29) is 6.04 Å². The molecule has 0 atom stereocenters. The monoisotopic (exact) mass is 293 g/mol. The van der Waals surface area contributed by atoms with Gasteiger partial charge in [0.15, 0.2) is 23.3 Å². The van der Waals surface area contributed by atoms with Crippen LogP contribution in [0.2, 0.25) is 0 Å². The average molecular weight is 293 g/mol. The SMILES string of the molecule is CCC1CCC(Nc2c(F)c(F)c(F)c(F)c2F)CC1. The lowest BCUT2D eigenvalue weighted by Crippen LogP contribution is -2.27. The van der Waals surface area contributed by atoms with Crippen molar-refractivity contribution in [1.82, 2.24) is 0 Å². The Balaban J connectivity index is 2.18. The molecule has 2 rings (SSSR count). The van der Waals surface area contributed by atoms with Gasteiger partial charge in [-0.15, -0.1) is 0 Å². The van der Waals surface area contributed by atoms with Crippen LogP contribution in [0.25, 0.3) is 0 Å². The van der Waals surface area contributed by atoms with Crippen LogP contribution < -0.4 is 5.32 Å². The quantitative estimate of drug-likeness (QED) is 0.481. The predicted molar refractivity (Wildman–Crippen MR) is 65.9 cm³/mol. The third-order valence-electron chi connectivity index (χ3n) is 3.98. The molecule has 1 saturated carbocycles. The van der Waals surface area contributed by atoms with Crippen LogP contribution in [-0.4, -0.2) is 6.04 Å². The van der Waals surface area contributed by atoms with Crippen LogP contribution >= 0.6 is 0 Å². The molecule has 112 valence electrons. The molecule has 1 N–H and O–H groups in total. The molecule has 1 aromatic carbocycles. The van der Waals surface area contributed by atoms with E-state index in [0.717, 1.165) is 19.3 Å². The molecule has 0 bridgehead atoms. The molecule has 1 nitrogen and oxygen atoms in total. The average Bonchev–Trinajstić information content (AvgIpc) is 2.48. The summed E-state index contributed by atoms with van der Waals surface area (Å²) in [5.41, 5.74) is -0.915. The van der Waals surface area contributed by atoms with Crippen molar-refractivity contribution >= 4 is 5.69 Å². The van der Waals surface area contributed by atoms with E-state index in [1.165, 1.54) is 0 Å². The van der Waals surface area contributed by atoms with Gasteiger partial charge in [-0.05, 0) is 31.6 Å². The van der Waals surface area contributed by atoms with E-state index in [2.05, 4.69) is 12.2 Å². The molecule has 0 heterocycles. The number of rotatable bonds is 3. The number of hydrogen-bond acceptors (Lipinski definition) is 1. The summed E-state index contributed by atoms with van der Waals surface area (Å²) in [6, 6.07) is -0.258. The molecule has 0 spiro atoms. The first-order chi connectivity index (χ1) is 9.45. The Bertz CT molecular complexity index is 466. The van der Waals surface area contributed by atoms with Gasteiger partial charge in [-0.3, -0.25) is 0 Å². The van der Waals surface area contributed by atoms with E-state index < -0.39 is 34.8 Å². The Morgan fingerprint density at radius 2 is 1.25 bits per heavy atom. The van der Waals surface area contributed by atoms with Crippen molar-refractivity contribution in [1.29, 1.82) is 0 Å². The van der Waals surface area contributed by atoms with Crippen molar-refractivity contribution in [3.05, 3.63) is 29.1 Å². The van der Waals surface area contributed by atoms with Crippen molar-refractivity contribution in [3.8, 4) is 0 Å². The van der Waals surface area contributed by atoms with E-state index >= 15 is 0 Å². The Labute approximate surface area is 114 Å². The molecule has 0 amide bonds. The summed E-state index contributed by atoms with van der Waals surface area (Å²) in [6.07, 6.45) is 4.15. The normalized spacial score (nSPS) is 22.9. The van der Waals surface area contributed by atoms with Gasteiger partial charge >= 0.3 is 0 Å². The summed E-state index contributed by atoms with van der Waals surface area (Å²) in [6.45, 7) is 2.07. The first-order valence-electron chi connectivity index (χ1n) is 6.73. The summed E-state index contributed by atoms with van der Waals surface area (Å²) in [4.78, 5) is 0. The number of anilines is 1. The van der Waals surface area contributed by atoms with Crippen LogP contribution in [0, 0.1) is 35.0 Å². The smallest absolute Gasteiger partial charge is 0.200 e. The third kappa shape index (κ3) is 2.74. The van der Waals surface area contributed by atoms with Crippen LogP contribution in [-0.2, 0) is 0 Å². The van der Waals surface area contributed by atoms with Gasteiger partial charge in [-0.2, -0.15) is 0 Å². The second kappa shape index (κ2) is 5.97. The van der Waals surface area contributed by atoms with Crippen LogP contribution in [0.5, 0.6) is 0 Å². The lowest BCUT2D eigenvalue weighted by atomic mass is 9.84. The lowest BCUT2D eigenvalue weighted by molar-refractivity contribution is 0.327. The Hall–Kier alpha value is -1.33. The van der Waals surface area contributed by atoms with Gasteiger partial charge < -0.3 is 5.32 Å². The van der Waals surface area contributed by atoms with Crippen molar-refractivity contribution in [3.63, 3.8) is 0 Å². The topological polar surface area (TPSA) is 12.0 Å². The summed E-state index contributed by atoms with van der Waals surface area (Å²) < 4.78 is 66.1. The summed E-state index contributed by atoms with van der Waals surface area (Å²) in [5, 5.41) is 2.47. The second-order valence-electron chi connectivity index (χ2n) is 5.22. The first-order valence-corrected chi connectivity index (χ1v) is 6.73. The van der Waals surface area contributed by atoms with E-state index in [4.69, 9.17) is 0 Å². The number of benzene rings is 1. The van der Waals surface area contributed by atoms with E-state index in [1.54, 1.807) is 0 Å². The molecular weight excluding hydrogens is 277 g/mol. The standard InChI is InChI=1S/C14H16F5N/c1-2-7-3-5-8(6-4-7)20-14-12(18)10(16)9(15)11(17)13(14)19/h7-8,20H,2-6H2,1H3. The molecule has 1 aliphatic rings. The summed E-state index contributed by atoms with van der Waals surface area (Å²) in [7, 11) is 0. The van der Waals surface area contributed by atoms with Gasteiger partial charge in [0.05, 0.1) is 0 Å². The van der Waals surface area contributed by atoms with Gasteiger partial charge in [0, 0.05) is 6.04 Å². The Morgan fingerprint density at radius 3 is 1.70 bits per heavy atom. The third-order valence-corrected chi connectivity index (χ3v) is 3.98. The zero-order chi connectivity index (χ0) is 14.9. The summed E-state index contributed by atoms with van der Waals surface area (Å²) in [5.74, 6) is -8.95. The second-order valence-corrected chi connectivity index (χ2v) is 5.22. The largest absolute Gasteiger partial charge is 0.377 e. The highest BCUT2D eigenvalue weighted by molar-refractivity contribution is 5.48. The van der Waals surface area contributed by atoms with Gasteiger partial charge in [0.1, 0.15) is 5.69 Å². The molecule has 1 aromatic rings. The van der Waals surface area contributed by atoms with Gasteiger partial charge in [0.2, 0.25) is 5.82 Å². The maximum atomic E-state index is 13.5. The van der Waals surface area contributed by atoms with Crippen LogP contribution in [0.1, 0.15) is 39.0 Å². The van der Waals surface area contributed by atoms with Crippen LogP contribution in [0.4, 0.5) is 27.6 Å². The van der Waals surface area contributed by atoms with Gasteiger partial charge in [0.25, 0.3) is 0 Å². The molecule has 0 aromatic heterocycles. The van der Waals surface area contributed by atoms with Crippen molar-refractivity contribution < 1.29 is 22.0 Å². The van der Waals surface area contributed by atoms with E-state index in [0.29, 0.717) is 18.8 Å². The van der Waals surface area contributed by atoms with Gasteiger partial charge in [-0.25, -0.2) is 22.0 Å². The summed E-state index contributed by atoms with van der Waals surface area (Å²) >= 11 is 0. The maximum absolute atomic E-state index is 13.5.